The van der Waals surface area contributed by atoms with Crippen LogP contribution in [0.5, 0.6) is 17.2 Å². The molecule has 0 aliphatic carbocycles. The number of hydrogen-bond acceptors (Lipinski definition) is 5. The van der Waals surface area contributed by atoms with Crippen LogP contribution in [0.3, 0.4) is 0 Å². The lowest BCUT2D eigenvalue weighted by atomic mass is 10.1. The molecular weight excluding hydrogens is 272 g/mol. The summed E-state index contributed by atoms with van der Waals surface area (Å²) in [5.74, 6) is 0.132. The Morgan fingerprint density at radius 1 is 1.10 bits per heavy atom. The van der Waals surface area contributed by atoms with E-state index in [1.165, 1.54) is 13.2 Å². The van der Waals surface area contributed by atoms with Crippen molar-refractivity contribution in [1.82, 2.24) is 0 Å². The van der Waals surface area contributed by atoms with Crippen molar-refractivity contribution in [3.63, 3.8) is 0 Å². The first-order valence-electron chi connectivity index (χ1n) is 6.31. The summed E-state index contributed by atoms with van der Waals surface area (Å²) in [4.78, 5) is 12.1. The van der Waals surface area contributed by atoms with Crippen molar-refractivity contribution in [3.8, 4) is 17.2 Å². The van der Waals surface area contributed by atoms with E-state index in [4.69, 9.17) is 14.2 Å². The van der Waals surface area contributed by atoms with Crippen LogP contribution >= 0.6 is 0 Å². The second kappa shape index (κ2) is 6.65. The van der Waals surface area contributed by atoms with Crippen LogP contribution in [0.2, 0.25) is 0 Å². The van der Waals surface area contributed by atoms with Crippen molar-refractivity contribution in [2.24, 2.45) is 0 Å². The van der Waals surface area contributed by atoms with Gasteiger partial charge >= 0.3 is 5.97 Å². The first kappa shape index (κ1) is 14.7. The third kappa shape index (κ3) is 3.45. The molecular formula is C16H16O5. The monoisotopic (exact) mass is 288 g/mol. The third-order valence-electron chi connectivity index (χ3n) is 2.93. The lowest BCUT2D eigenvalue weighted by molar-refractivity contribution is 0.0465. The van der Waals surface area contributed by atoms with Crippen molar-refractivity contribution in [2.75, 3.05) is 14.2 Å². The van der Waals surface area contributed by atoms with Crippen LogP contribution in [0.1, 0.15) is 15.9 Å². The number of aromatic hydroxyl groups is 1. The zero-order valence-corrected chi connectivity index (χ0v) is 11.8. The van der Waals surface area contributed by atoms with Crippen molar-refractivity contribution in [3.05, 3.63) is 53.6 Å². The topological polar surface area (TPSA) is 65.0 Å². The van der Waals surface area contributed by atoms with Crippen LogP contribution < -0.4 is 9.47 Å². The van der Waals surface area contributed by atoms with Crippen LogP contribution in [-0.4, -0.2) is 25.3 Å². The van der Waals surface area contributed by atoms with E-state index in [2.05, 4.69) is 0 Å². The van der Waals surface area contributed by atoms with E-state index in [0.29, 0.717) is 5.75 Å². The molecule has 1 N–H and O–H groups in total. The van der Waals surface area contributed by atoms with Crippen LogP contribution in [0.4, 0.5) is 0 Å². The van der Waals surface area contributed by atoms with Gasteiger partial charge in [-0.3, -0.25) is 0 Å². The average Bonchev–Trinajstić information content (AvgIpc) is 2.52. The Bertz CT molecular complexity index is 636. The van der Waals surface area contributed by atoms with Crippen LogP contribution in [0.25, 0.3) is 0 Å². The minimum absolute atomic E-state index is 0.0166. The summed E-state index contributed by atoms with van der Waals surface area (Å²) in [5.41, 5.74) is 0.806. The fourth-order valence-corrected chi connectivity index (χ4v) is 1.88. The first-order valence-corrected chi connectivity index (χ1v) is 6.31. The van der Waals surface area contributed by atoms with Gasteiger partial charge in [0.1, 0.15) is 29.4 Å². The molecule has 0 bridgehead atoms. The summed E-state index contributed by atoms with van der Waals surface area (Å²) < 4.78 is 15.4. The van der Waals surface area contributed by atoms with Gasteiger partial charge in [-0.1, -0.05) is 18.2 Å². The predicted molar refractivity (Wildman–Crippen MR) is 76.8 cm³/mol. The molecule has 0 saturated carbocycles. The number of rotatable bonds is 5. The van der Waals surface area contributed by atoms with Crippen molar-refractivity contribution in [1.29, 1.82) is 0 Å². The van der Waals surface area contributed by atoms with E-state index >= 15 is 0 Å². The van der Waals surface area contributed by atoms with Gasteiger partial charge in [-0.05, 0) is 29.8 Å². The standard InChI is InChI=1S/C16H16O5/c1-19-12-6-3-5-11(9-12)10-21-16(18)15-13(17)7-4-8-14(15)20-2/h3-9,17H,10H2,1-2H3. The van der Waals surface area contributed by atoms with E-state index in [1.807, 2.05) is 12.1 Å². The average molecular weight is 288 g/mol. The molecule has 21 heavy (non-hydrogen) atoms. The predicted octanol–water partition coefficient (Wildman–Crippen LogP) is 2.77. The molecule has 0 aromatic heterocycles. The fraction of sp³-hybridized carbons (Fsp3) is 0.188. The molecule has 5 nitrogen and oxygen atoms in total. The first-order chi connectivity index (χ1) is 10.2. The van der Waals surface area contributed by atoms with Gasteiger partial charge in [0.05, 0.1) is 14.2 Å². The number of phenols is 1. The molecule has 2 aromatic carbocycles. The smallest absolute Gasteiger partial charge is 0.346 e. The van der Waals surface area contributed by atoms with Crippen LogP contribution in [0, 0.1) is 0 Å². The molecule has 0 unspecified atom stereocenters. The number of carbonyl (C=O) groups excluding carboxylic acids is 1. The van der Waals surface area contributed by atoms with E-state index in [9.17, 15) is 9.90 Å². The Kier molecular flexibility index (Phi) is 4.66. The summed E-state index contributed by atoms with van der Waals surface area (Å²) >= 11 is 0. The molecule has 0 fully saturated rings. The molecule has 0 radical (unpaired) electrons. The number of methoxy groups -OCH3 is 2. The highest BCUT2D eigenvalue weighted by molar-refractivity contribution is 5.95. The van der Waals surface area contributed by atoms with Crippen molar-refractivity contribution >= 4 is 5.97 Å². The minimum Gasteiger partial charge on any atom is -0.507 e. The number of phenolic OH excluding ortho intramolecular Hbond substituents is 1. The molecule has 0 aliphatic rings. The molecule has 5 heteroatoms. The van der Waals surface area contributed by atoms with Gasteiger partial charge in [-0.25, -0.2) is 4.79 Å². The van der Waals surface area contributed by atoms with Gasteiger partial charge in [0.2, 0.25) is 0 Å². The second-order valence-electron chi connectivity index (χ2n) is 4.28. The fourth-order valence-electron chi connectivity index (χ4n) is 1.88. The molecule has 2 rings (SSSR count). The Morgan fingerprint density at radius 2 is 1.86 bits per heavy atom. The number of benzene rings is 2. The van der Waals surface area contributed by atoms with E-state index < -0.39 is 5.97 Å². The summed E-state index contributed by atoms with van der Waals surface area (Å²) in [6.45, 7) is 0.0769. The largest absolute Gasteiger partial charge is 0.507 e. The third-order valence-corrected chi connectivity index (χ3v) is 2.93. The molecule has 0 aliphatic heterocycles. The van der Waals surface area contributed by atoms with Crippen LogP contribution in [0.15, 0.2) is 42.5 Å². The highest BCUT2D eigenvalue weighted by Crippen LogP contribution is 2.28. The van der Waals surface area contributed by atoms with Gasteiger partial charge in [-0.2, -0.15) is 0 Å². The molecule has 0 saturated heterocycles. The second-order valence-corrected chi connectivity index (χ2v) is 4.28. The zero-order chi connectivity index (χ0) is 15.2. The van der Waals surface area contributed by atoms with E-state index in [-0.39, 0.29) is 23.7 Å². The number of esters is 1. The maximum absolute atomic E-state index is 12.1. The molecule has 0 atom stereocenters. The minimum atomic E-state index is -0.646. The summed E-state index contributed by atoms with van der Waals surface area (Å²) in [7, 11) is 2.99. The van der Waals surface area contributed by atoms with E-state index in [1.54, 1.807) is 31.4 Å². The van der Waals surface area contributed by atoms with Gasteiger partial charge in [0, 0.05) is 0 Å². The molecule has 2 aromatic rings. The molecule has 110 valence electrons. The maximum atomic E-state index is 12.1. The van der Waals surface area contributed by atoms with Crippen molar-refractivity contribution < 1.29 is 24.1 Å². The lowest BCUT2D eigenvalue weighted by Gasteiger charge is -2.10. The normalized spacial score (nSPS) is 10.0. The Labute approximate surface area is 122 Å². The summed E-state index contributed by atoms with van der Waals surface area (Å²) in [5, 5.41) is 9.77. The van der Waals surface area contributed by atoms with Crippen LogP contribution in [-0.2, 0) is 11.3 Å². The summed E-state index contributed by atoms with van der Waals surface area (Å²) in [6.07, 6.45) is 0. The quantitative estimate of drug-likeness (QED) is 0.857. The maximum Gasteiger partial charge on any atom is 0.346 e. The lowest BCUT2D eigenvalue weighted by Crippen LogP contribution is -2.07. The SMILES string of the molecule is COc1cccc(COC(=O)c2c(O)cccc2OC)c1. The van der Waals surface area contributed by atoms with Crippen molar-refractivity contribution in [2.45, 2.75) is 6.61 Å². The Balaban J connectivity index is 2.12. The number of carbonyl (C=O) groups is 1. The van der Waals surface area contributed by atoms with E-state index in [0.717, 1.165) is 5.56 Å². The van der Waals surface area contributed by atoms with Gasteiger partial charge in [-0.15, -0.1) is 0 Å². The molecule has 0 amide bonds. The molecule has 0 heterocycles. The summed E-state index contributed by atoms with van der Waals surface area (Å²) in [6, 6.07) is 11.8. The highest BCUT2D eigenvalue weighted by atomic mass is 16.5. The van der Waals surface area contributed by atoms with Gasteiger partial charge < -0.3 is 19.3 Å². The molecule has 0 spiro atoms. The zero-order valence-electron chi connectivity index (χ0n) is 11.8. The Hall–Kier alpha value is -2.69. The van der Waals surface area contributed by atoms with Gasteiger partial charge in [0.15, 0.2) is 0 Å². The Morgan fingerprint density at radius 3 is 2.57 bits per heavy atom. The number of hydrogen-bond donors (Lipinski definition) is 1. The number of ether oxygens (including phenoxy) is 3. The van der Waals surface area contributed by atoms with Gasteiger partial charge in [0.25, 0.3) is 0 Å². The highest BCUT2D eigenvalue weighted by Gasteiger charge is 2.18.